The van der Waals surface area contributed by atoms with Gasteiger partial charge in [0.15, 0.2) is 0 Å². The van der Waals surface area contributed by atoms with Crippen LogP contribution in [0.2, 0.25) is 0 Å². The number of carbonyl (C=O) groups excluding carboxylic acids is 1. The summed E-state index contributed by atoms with van der Waals surface area (Å²) in [6.07, 6.45) is 0.601. The lowest BCUT2D eigenvalue weighted by atomic mass is 9.98. The molecule has 4 rings (SSSR count). The molecule has 0 spiro atoms. The Bertz CT molecular complexity index is 698. The molecule has 23 heavy (non-hydrogen) atoms. The van der Waals surface area contributed by atoms with E-state index in [9.17, 15) is 4.79 Å². The molecule has 1 saturated heterocycles. The lowest BCUT2D eigenvalue weighted by Gasteiger charge is -2.19. The van der Waals surface area contributed by atoms with Crippen molar-refractivity contribution in [3.05, 3.63) is 59.7 Å². The fraction of sp³-hybridized carbons (Fsp3) is 0.316. The molecule has 2 aliphatic rings. The molecule has 0 radical (unpaired) electrons. The summed E-state index contributed by atoms with van der Waals surface area (Å²) in [7, 11) is 0. The quantitative estimate of drug-likeness (QED) is 0.928. The first-order chi connectivity index (χ1) is 11.2. The summed E-state index contributed by atoms with van der Waals surface area (Å²) in [5.74, 6) is 0.114. The van der Waals surface area contributed by atoms with Gasteiger partial charge in [0.25, 0.3) is 0 Å². The molecule has 4 heteroatoms. The van der Waals surface area contributed by atoms with Crippen LogP contribution in [0.5, 0.6) is 0 Å². The molecular formula is C19H20N2O2. The van der Waals surface area contributed by atoms with Gasteiger partial charge in [0.2, 0.25) is 0 Å². The van der Waals surface area contributed by atoms with E-state index in [-0.39, 0.29) is 18.1 Å². The highest BCUT2D eigenvalue weighted by molar-refractivity contribution is 5.79. The molecule has 0 aromatic heterocycles. The van der Waals surface area contributed by atoms with Crippen LogP contribution < -0.4 is 5.73 Å². The zero-order chi connectivity index (χ0) is 15.8. The second kappa shape index (κ2) is 5.70. The van der Waals surface area contributed by atoms with Crippen LogP contribution in [-0.2, 0) is 4.74 Å². The first kappa shape index (κ1) is 14.3. The molecule has 1 aliphatic carbocycles. The number of carbonyl (C=O) groups is 1. The number of likely N-dealkylation sites (tertiary alicyclic amines) is 1. The lowest BCUT2D eigenvalue weighted by Crippen LogP contribution is -2.33. The Morgan fingerprint density at radius 1 is 1.09 bits per heavy atom. The molecule has 2 aromatic rings. The van der Waals surface area contributed by atoms with Crippen LogP contribution >= 0.6 is 0 Å². The number of amides is 1. The SMILES string of the molecule is N[C@H]1CCN(C(=O)OCC2c3ccccc3-c3ccccc32)C1. The molecule has 1 fully saturated rings. The number of benzene rings is 2. The molecule has 1 aliphatic heterocycles. The Balaban J connectivity index is 1.54. The number of nitrogens with zero attached hydrogens (tertiary/aromatic N) is 1. The standard InChI is InChI=1S/C19H20N2O2/c20-13-9-10-21(11-13)19(22)23-12-18-16-7-3-1-5-14(16)15-6-2-4-8-17(15)18/h1-8,13,18H,9-12,20H2/t13-/m0/s1. The summed E-state index contributed by atoms with van der Waals surface area (Å²) in [6.45, 7) is 1.66. The van der Waals surface area contributed by atoms with E-state index in [1.165, 1.54) is 22.3 Å². The van der Waals surface area contributed by atoms with Crippen LogP contribution in [0.1, 0.15) is 23.5 Å². The minimum Gasteiger partial charge on any atom is -0.448 e. The Hall–Kier alpha value is -2.33. The van der Waals surface area contributed by atoms with Gasteiger partial charge in [-0.3, -0.25) is 0 Å². The van der Waals surface area contributed by atoms with E-state index < -0.39 is 0 Å². The zero-order valence-corrected chi connectivity index (χ0v) is 12.9. The van der Waals surface area contributed by atoms with E-state index >= 15 is 0 Å². The summed E-state index contributed by atoms with van der Waals surface area (Å²) in [5.41, 5.74) is 10.8. The van der Waals surface area contributed by atoms with Gasteiger partial charge in [-0.2, -0.15) is 0 Å². The van der Waals surface area contributed by atoms with Crippen molar-refractivity contribution >= 4 is 6.09 Å². The van der Waals surface area contributed by atoms with Gasteiger partial charge >= 0.3 is 6.09 Å². The third-order valence-corrected chi connectivity index (χ3v) is 4.82. The fourth-order valence-corrected chi connectivity index (χ4v) is 3.64. The van der Waals surface area contributed by atoms with E-state index in [0.29, 0.717) is 19.7 Å². The number of ether oxygens (including phenoxy) is 1. The van der Waals surface area contributed by atoms with Crippen LogP contribution in [0.4, 0.5) is 4.79 Å². The predicted molar refractivity (Wildman–Crippen MR) is 89.2 cm³/mol. The molecular weight excluding hydrogens is 288 g/mol. The maximum absolute atomic E-state index is 12.2. The monoisotopic (exact) mass is 308 g/mol. The van der Waals surface area contributed by atoms with Crippen molar-refractivity contribution in [3.8, 4) is 11.1 Å². The van der Waals surface area contributed by atoms with Gasteiger partial charge in [0, 0.05) is 25.0 Å². The van der Waals surface area contributed by atoms with Crippen molar-refractivity contribution in [1.29, 1.82) is 0 Å². The maximum atomic E-state index is 12.2. The minimum absolute atomic E-state index is 0.0792. The van der Waals surface area contributed by atoms with Gasteiger partial charge in [0.1, 0.15) is 6.61 Å². The third kappa shape index (κ3) is 2.49. The topological polar surface area (TPSA) is 55.6 Å². The summed E-state index contributed by atoms with van der Waals surface area (Å²) in [5, 5.41) is 0. The van der Waals surface area contributed by atoms with Crippen molar-refractivity contribution in [2.75, 3.05) is 19.7 Å². The number of fused-ring (bicyclic) bond motifs is 3. The number of rotatable bonds is 2. The van der Waals surface area contributed by atoms with Gasteiger partial charge in [-0.1, -0.05) is 48.5 Å². The third-order valence-electron chi connectivity index (χ3n) is 4.82. The number of hydrogen-bond donors (Lipinski definition) is 1. The van der Waals surface area contributed by atoms with Crippen molar-refractivity contribution in [2.24, 2.45) is 5.73 Å². The fourth-order valence-electron chi connectivity index (χ4n) is 3.64. The van der Waals surface area contributed by atoms with Gasteiger partial charge in [-0.15, -0.1) is 0 Å². The van der Waals surface area contributed by atoms with E-state index in [1.54, 1.807) is 4.90 Å². The second-order valence-corrected chi connectivity index (χ2v) is 6.30. The first-order valence-electron chi connectivity index (χ1n) is 8.09. The molecule has 0 unspecified atom stereocenters. The van der Waals surface area contributed by atoms with Crippen LogP contribution in [0.25, 0.3) is 11.1 Å². The second-order valence-electron chi connectivity index (χ2n) is 6.30. The smallest absolute Gasteiger partial charge is 0.409 e. The Kier molecular flexibility index (Phi) is 3.54. The van der Waals surface area contributed by atoms with Crippen LogP contribution in [0, 0.1) is 0 Å². The normalized spacial score (nSPS) is 19.5. The largest absolute Gasteiger partial charge is 0.448 e. The van der Waals surface area contributed by atoms with Gasteiger partial charge in [0.05, 0.1) is 0 Å². The summed E-state index contributed by atoms with van der Waals surface area (Å²) >= 11 is 0. The molecule has 2 aromatic carbocycles. The van der Waals surface area contributed by atoms with Crippen molar-refractivity contribution in [2.45, 2.75) is 18.4 Å². The summed E-state index contributed by atoms with van der Waals surface area (Å²) in [6, 6.07) is 16.8. The highest BCUT2D eigenvalue weighted by Gasteiger charge is 2.30. The van der Waals surface area contributed by atoms with Gasteiger partial charge < -0.3 is 15.4 Å². The Morgan fingerprint density at radius 2 is 1.70 bits per heavy atom. The molecule has 4 nitrogen and oxygen atoms in total. The Labute approximate surface area is 135 Å². The maximum Gasteiger partial charge on any atom is 0.409 e. The van der Waals surface area contributed by atoms with E-state index in [2.05, 4.69) is 36.4 Å². The minimum atomic E-state index is -0.250. The van der Waals surface area contributed by atoms with Gasteiger partial charge in [-0.25, -0.2) is 4.79 Å². The van der Waals surface area contributed by atoms with Crippen molar-refractivity contribution in [1.82, 2.24) is 4.90 Å². The number of nitrogens with two attached hydrogens (primary N) is 1. The molecule has 2 N–H and O–H groups in total. The molecule has 1 amide bonds. The van der Waals surface area contributed by atoms with Crippen LogP contribution in [0.3, 0.4) is 0 Å². The van der Waals surface area contributed by atoms with Gasteiger partial charge in [-0.05, 0) is 28.7 Å². The van der Waals surface area contributed by atoms with E-state index in [4.69, 9.17) is 10.5 Å². The highest BCUT2D eigenvalue weighted by atomic mass is 16.6. The molecule has 1 heterocycles. The lowest BCUT2D eigenvalue weighted by molar-refractivity contribution is 0.107. The van der Waals surface area contributed by atoms with E-state index in [0.717, 1.165) is 6.42 Å². The first-order valence-corrected chi connectivity index (χ1v) is 8.09. The van der Waals surface area contributed by atoms with Crippen LogP contribution in [-0.4, -0.2) is 36.7 Å². The number of hydrogen-bond acceptors (Lipinski definition) is 3. The average Bonchev–Trinajstić information content (AvgIpc) is 3.15. The highest BCUT2D eigenvalue weighted by Crippen LogP contribution is 2.44. The molecule has 118 valence electrons. The van der Waals surface area contributed by atoms with E-state index in [1.807, 2.05) is 12.1 Å². The molecule has 1 atom stereocenters. The average molecular weight is 308 g/mol. The molecule has 0 saturated carbocycles. The van der Waals surface area contributed by atoms with Crippen molar-refractivity contribution < 1.29 is 9.53 Å². The molecule has 0 bridgehead atoms. The van der Waals surface area contributed by atoms with Crippen LogP contribution in [0.15, 0.2) is 48.5 Å². The Morgan fingerprint density at radius 3 is 2.26 bits per heavy atom. The summed E-state index contributed by atoms with van der Waals surface area (Å²) in [4.78, 5) is 13.9. The van der Waals surface area contributed by atoms with Crippen molar-refractivity contribution in [3.63, 3.8) is 0 Å². The summed E-state index contributed by atoms with van der Waals surface area (Å²) < 4.78 is 5.60. The predicted octanol–water partition coefficient (Wildman–Crippen LogP) is 2.97. The zero-order valence-electron chi connectivity index (χ0n) is 12.9.